The molecule has 2 aromatic rings. The molecule has 1 heterocycles. The second-order valence-corrected chi connectivity index (χ2v) is 9.86. The van der Waals surface area contributed by atoms with Gasteiger partial charge in [-0.25, -0.2) is 0 Å². The maximum Gasteiger partial charge on any atom is 0.220 e. The molecule has 5 heteroatoms. The molecule has 1 amide bonds. The third-order valence-corrected chi connectivity index (χ3v) is 7.72. The molecule has 4 nitrogen and oxygen atoms in total. The Morgan fingerprint density at radius 2 is 1.86 bits per heavy atom. The summed E-state index contributed by atoms with van der Waals surface area (Å²) < 4.78 is 0. The smallest absolute Gasteiger partial charge is 0.220 e. The largest absolute Gasteiger partial charge is 0.382 e. The van der Waals surface area contributed by atoms with Crippen LogP contribution >= 0.6 is 11.6 Å². The maximum atomic E-state index is 12.5. The van der Waals surface area contributed by atoms with Crippen LogP contribution in [-0.4, -0.2) is 23.0 Å². The van der Waals surface area contributed by atoms with Gasteiger partial charge >= 0.3 is 0 Å². The van der Waals surface area contributed by atoms with E-state index in [1.807, 2.05) is 30.5 Å². The van der Waals surface area contributed by atoms with Crippen LogP contribution in [0, 0.1) is 17.8 Å². The molecule has 0 aliphatic heterocycles. The molecule has 2 N–H and O–H groups in total. The molecule has 1 unspecified atom stereocenters. The van der Waals surface area contributed by atoms with Gasteiger partial charge in [0, 0.05) is 40.8 Å². The van der Waals surface area contributed by atoms with Gasteiger partial charge in [-0.15, -0.1) is 0 Å². The highest BCUT2D eigenvalue weighted by atomic mass is 35.5. The first kappa shape index (κ1) is 19.2. The van der Waals surface area contributed by atoms with Crippen LogP contribution in [0.25, 0.3) is 10.9 Å². The Kier molecular flexibility index (Phi) is 5.38. The minimum atomic E-state index is 0.288. The molecule has 0 radical (unpaired) electrons. The Labute approximate surface area is 177 Å². The average Bonchev–Trinajstić information content (AvgIpc) is 3.32. The van der Waals surface area contributed by atoms with Crippen LogP contribution in [-0.2, 0) is 4.79 Å². The monoisotopic (exact) mass is 411 g/mol. The summed E-state index contributed by atoms with van der Waals surface area (Å²) >= 11 is 6.10. The van der Waals surface area contributed by atoms with Gasteiger partial charge in [-0.1, -0.05) is 18.0 Å². The van der Waals surface area contributed by atoms with E-state index in [2.05, 4.69) is 15.6 Å². The summed E-state index contributed by atoms with van der Waals surface area (Å²) in [6.07, 6.45) is 12.3. The summed E-state index contributed by atoms with van der Waals surface area (Å²) in [7, 11) is 0. The number of anilines is 1. The van der Waals surface area contributed by atoms with Crippen molar-refractivity contribution >= 4 is 34.1 Å². The van der Waals surface area contributed by atoms with E-state index in [1.165, 1.54) is 25.7 Å². The van der Waals surface area contributed by atoms with Gasteiger partial charge in [0.1, 0.15) is 0 Å². The Bertz CT molecular complexity index is 893. The third-order valence-electron chi connectivity index (χ3n) is 7.49. The number of benzene rings is 1. The summed E-state index contributed by atoms with van der Waals surface area (Å²) in [6.45, 7) is 0. The van der Waals surface area contributed by atoms with Crippen LogP contribution in [0.2, 0.25) is 5.02 Å². The fraction of sp³-hybridized carbons (Fsp3) is 0.583. The molecule has 3 saturated carbocycles. The summed E-state index contributed by atoms with van der Waals surface area (Å²) in [6, 6.07) is 8.68. The number of nitrogens with one attached hydrogen (secondary N) is 2. The first-order valence-corrected chi connectivity index (χ1v) is 11.6. The van der Waals surface area contributed by atoms with Gasteiger partial charge in [0.15, 0.2) is 0 Å². The van der Waals surface area contributed by atoms with Crippen LogP contribution in [0.4, 0.5) is 5.69 Å². The Morgan fingerprint density at radius 3 is 2.62 bits per heavy atom. The molecule has 2 bridgehead atoms. The van der Waals surface area contributed by atoms with E-state index in [0.29, 0.717) is 23.0 Å². The van der Waals surface area contributed by atoms with Gasteiger partial charge in [0.05, 0.1) is 5.52 Å². The molecule has 1 aromatic carbocycles. The van der Waals surface area contributed by atoms with E-state index in [-0.39, 0.29) is 5.91 Å². The predicted octanol–water partition coefficient (Wildman–Crippen LogP) is 5.55. The van der Waals surface area contributed by atoms with E-state index in [4.69, 9.17) is 11.6 Å². The van der Waals surface area contributed by atoms with Crippen molar-refractivity contribution in [1.82, 2.24) is 10.3 Å². The molecule has 0 spiro atoms. The predicted molar refractivity (Wildman–Crippen MR) is 118 cm³/mol. The van der Waals surface area contributed by atoms with E-state index >= 15 is 0 Å². The molecule has 3 atom stereocenters. The third kappa shape index (κ3) is 4.23. The van der Waals surface area contributed by atoms with Gasteiger partial charge in [-0.05, 0) is 87.0 Å². The van der Waals surface area contributed by atoms with Crippen molar-refractivity contribution in [3.05, 3.63) is 35.5 Å². The zero-order valence-corrected chi connectivity index (χ0v) is 17.6. The number of carbonyl (C=O) groups is 1. The summed E-state index contributed by atoms with van der Waals surface area (Å²) in [5, 5.41) is 8.85. The van der Waals surface area contributed by atoms with Gasteiger partial charge in [-0.3, -0.25) is 9.78 Å². The lowest BCUT2D eigenvalue weighted by Crippen LogP contribution is -2.41. The Morgan fingerprint density at radius 1 is 1.03 bits per heavy atom. The van der Waals surface area contributed by atoms with Crippen LogP contribution in [0.3, 0.4) is 0 Å². The van der Waals surface area contributed by atoms with E-state index in [9.17, 15) is 4.79 Å². The minimum absolute atomic E-state index is 0.288. The second kappa shape index (κ2) is 8.14. The summed E-state index contributed by atoms with van der Waals surface area (Å²) in [4.78, 5) is 17.0. The topological polar surface area (TPSA) is 54.0 Å². The number of nitrogens with zero attached hydrogens (tertiary/aromatic N) is 1. The van der Waals surface area contributed by atoms with Crippen molar-refractivity contribution in [3.63, 3.8) is 0 Å². The number of rotatable bonds is 5. The van der Waals surface area contributed by atoms with E-state index < -0.39 is 0 Å². The fourth-order valence-electron chi connectivity index (χ4n) is 6.00. The van der Waals surface area contributed by atoms with Crippen molar-refractivity contribution in [3.8, 4) is 0 Å². The fourth-order valence-corrected chi connectivity index (χ4v) is 6.17. The number of carbonyl (C=O) groups excluding carboxylic acids is 1. The standard InChI is InChI=1S/C24H30ClN3O/c25-18-3-8-21-22(9-10-26-23(21)14-18)27-19-4-6-20(7-5-19)28-24(29)13-17-12-15-1-2-16(17)11-15/h3,8-10,14-17,19-20H,1-2,4-7,11-13H2,(H,26,27)(H,28,29)/t15-,16+,17?,19?,20?/m0/s1. The second-order valence-electron chi connectivity index (χ2n) is 9.42. The molecule has 3 aliphatic rings. The van der Waals surface area contributed by atoms with Crippen LogP contribution in [0.5, 0.6) is 0 Å². The van der Waals surface area contributed by atoms with Gasteiger partial charge in [-0.2, -0.15) is 0 Å². The van der Waals surface area contributed by atoms with Crippen molar-refractivity contribution in [1.29, 1.82) is 0 Å². The number of halogens is 1. The van der Waals surface area contributed by atoms with E-state index in [1.54, 1.807) is 0 Å². The number of pyridine rings is 1. The first-order chi connectivity index (χ1) is 14.1. The Hall–Kier alpha value is -1.81. The lowest BCUT2D eigenvalue weighted by atomic mass is 9.86. The maximum absolute atomic E-state index is 12.5. The van der Waals surface area contributed by atoms with Crippen LogP contribution < -0.4 is 10.6 Å². The molecule has 29 heavy (non-hydrogen) atoms. The van der Waals surface area contributed by atoms with Gasteiger partial charge in [0.25, 0.3) is 0 Å². The van der Waals surface area contributed by atoms with Crippen LogP contribution in [0.1, 0.15) is 57.8 Å². The summed E-state index contributed by atoms with van der Waals surface area (Å²) in [5.74, 6) is 2.69. The molecule has 3 fully saturated rings. The van der Waals surface area contributed by atoms with Crippen molar-refractivity contribution in [2.24, 2.45) is 17.8 Å². The highest BCUT2D eigenvalue weighted by Gasteiger charge is 2.40. The molecule has 1 aromatic heterocycles. The van der Waals surface area contributed by atoms with Crippen molar-refractivity contribution in [2.45, 2.75) is 69.9 Å². The molecule has 3 aliphatic carbocycles. The molecular weight excluding hydrogens is 382 g/mol. The zero-order valence-electron chi connectivity index (χ0n) is 16.9. The number of amides is 1. The van der Waals surface area contributed by atoms with Crippen LogP contribution in [0.15, 0.2) is 30.5 Å². The van der Waals surface area contributed by atoms with Gasteiger partial charge < -0.3 is 10.6 Å². The number of aromatic nitrogens is 1. The molecule has 5 rings (SSSR count). The number of hydrogen-bond acceptors (Lipinski definition) is 3. The molecular formula is C24H30ClN3O. The lowest BCUT2D eigenvalue weighted by Gasteiger charge is -2.31. The SMILES string of the molecule is O=C(CC1C[C@H]2CC[C@@H]1C2)NC1CCC(Nc2ccnc3cc(Cl)ccc23)CC1. The van der Waals surface area contributed by atoms with E-state index in [0.717, 1.165) is 60.5 Å². The Balaban J connectivity index is 1.12. The highest BCUT2D eigenvalue weighted by Crippen LogP contribution is 2.49. The number of hydrogen-bond donors (Lipinski definition) is 2. The lowest BCUT2D eigenvalue weighted by molar-refractivity contribution is -0.123. The molecule has 154 valence electrons. The zero-order chi connectivity index (χ0) is 19.8. The van der Waals surface area contributed by atoms with Crippen molar-refractivity contribution in [2.75, 3.05) is 5.32 Å². The average molecular weight is 412 g/mol. The first-order valence-electron chi connectivity index (χ1n) is 11.2. The quantitative estimate of drug-likeness (QED) is 0.677. The molecule has 0 saturated heterocycles. The minimum Gasteiger partial charge on any atom is -0.382 e. The van der Waals surface area contributed by atoms with Crippen molar-refractivity contribution < 1.29 is 4.79 Å². The normalized spacial score (nSPS) is 31.1. The number of fused-ring (bicyclic) bond motifs is 3. The summed E-state index contributed by atoms with van der Waals surface area (Å²) in [5.41, 5.74) is 2.04. The van der Waals surface area contributed by atoms with Gasteiger partial charge in [0.2, 0.25) is 5.91 Å². The highest BCUT2D eigenvalue weighted by molar-refractivity contribution is 6.31.